The summed E-state index contributed by atoms with van der Waals surface area (Å²) in [5, 5.41) is 9.43. The van der Waals surface area contributed by atoms with E-state index in [4.69, 9.17) is 18.9 Å². The van der Waals surface area contributed by atoms with Gasteiger partial charge in [-0.15, -0.1) is 0 Å². The first-order valence-corrected chi connectivity index (χ1v) is 55.9. The first-order valence-electron chi connectivity index (χ1n) is 55.9. The van der Waals surface area contributed by atoms with Crippen molar-refractivity contribution in [3.63, 3.8) is 0 Å². The molecule has 0 aromatic heterocycles. The standard InChI is InChI=1S/C112H210N6O11/c1-11-19-27-55-74-99(75-56-28-20-12-2)109(122)126-92-67-51-43-35-39-47-63-86-117(87-64-48-40-36-44-52-68-93-127-110(123)100(76-57-29-21-13-3)77-58-30-22-14-4)90-72-83-114-107(120)104-96-103(106(119)113-82-71-85-116(9)10)97-105(98-104)108(121)115-84-73-91-118(88-65-49-41-37-45-53-69-94-128-111(124)101(78-59-31-23-15-5)79-60-32-24-16-6)89-66-50-42-38-46-54-70-95-129-112(125)102(80-61-33-25-17-7)81-62-34-26-18-8/h96-102H,11-95H2,1-10H3,(H,113,119)(H,114,120)(H,115,121). The maximum atomic E-state index is 14.3. The van der Waals surface area contributed by atoms with Crippen LogP contribution in [0.15, 0.2) is 18.2 Å². The Hall–Kier alpha value is -4.61. The number of hydrogen-bond acceptors (Lipinski definition) is 14. The van der Waals surface area contributed by atoms with Crippen LogP contribution in [0.1, 0.15) is 542 Å². The van der Waals surface area contributed by atoms with E-state index in [1.807, 2.05) is 14.1 Å². The van der Waals surface area contributed by atoms with Crippen molar-refractivity contribution in [2.45, 2.75) is 511 Å². The normalized spacial score (nSPS) is 11.7. The first-order chi connectivity index (χ1) is 63.1. The number of esters is 4. The second kappa shape index (κ2) is 92.5. The summed E-state index contributed by atoms with van der Waals surface area (Å²) in [6, 6.07) is 4.92. The third-order valence-corrected chi connectivity index (χ3v) is 26.7. The second-order valence-electron chi connectivity index (χ2n) is 39.3. The van der Waals surface area contributed by atoms with Crippen LogP contribution >= 0.6 is 0 Å². The molecule has 1 aromatic carbocycles. The average molecular weight is 1820 g/mol. The maximum absolute atomic E-state index is 14.3. The molecular weight excluding hydrogens is 1610 g/mol. The zero-order valence-electron chi connectivity index (χ0n) is 86.5. The molecule has 0 spiro atoms. The van der Waals surface area contributed by atoms with E-state index in [-0.39, 0.29) is 65.3 Å². The van der Waals surface area contributed by atoms with Crippen molar-refractivity contribution >= 4 is 41.6 Å². The van der Waals surface area contributed by atoms with Gasteiger partial charge in [0.1, 0.15) is 0 Å². The molecule has 0 saturated carbocycles. The highest BCUT2D eigenvalue weighted by molar-refractivity contribution is 6.04. The minimum Gasteiger partial charge on any atom is -0.465 e. The van der Waals surface area contributed by atoms with Gasteiger partial charge in [0.25, 0.3) is 17.7 Å². The number of unbranched alkanes of at least 4 members (excludes halogenated alkanes) is 48. The van der Waals surface area contributed by atoms with Crippen LogP contribution in [0.2, 0.25) is 0 Å². The lowest BCUT2D eigenvalue weighted by Crippen LogP contribution is -2.33. The Morgan fingerprint density at radius 1 is 0.217 bits per heavy atom. The number of nitrogens with zero attached hydrogens (tertiary/aromatic N) is 3. The van der Waals surface area contributed by atoms with Crippen LogP contribution < -0.4 is 16.0 Å². The number of carbonyl (C=O) groups excluding carboxylic acids is 7. The zero-order chi connectivity index (χ0) is 94.0. The Bertz CT molecular complexity index is 2400. The average Bonchev–Trinajstić information content (AvgIpc) is 0.824. The third kappa shape index (κ3) is 74.3. The predicted molar refractivity (Wildman–Crippen MR) is 546 cm³/mol. The number of nitrogens with one attached hydrogen (secondary N) is 3. The summed E-state index contributed by atoms with van der Waals surface area (Å²) in [5.41, 5.74) is 0.892. The highest BCUT2D eigenvalue weighted by atomic mass is 16.5. The van der Waals surface area contributed by atoms with Gasteiger partial charge in [0, 0.05) is 36.3 Å². The van der Waals surface area contributed by atoms with Gasteiger partial charge in [-0.1, -0.05) is 389 Å². The van der Waals surface area contributed by atoms with Gasteiger partial charge in [-0.3, -0.25) is 33.6 Å². The molecule has 1 aromatic rings. The van der Waals surface area contributed by atoms with Gasteiger partial charge in [0.05, 0.1) is 50.1 Å². The molecule has 129 heavy (non-hydrogen) atoms. The summed E-state index contributed by atoms with van der Waals surface area (Å²) in [6.07, 6.45) is 79.1. The molecule has 0 aliphatic rings. The topological polar surface area (TPSA) is 202 Å². The van der Waals surface area contributed by atoms with E-state index in [1.54, 1.807) is 18.2 Å². The molecule has 0 fully saturated rings. The van der Waals surface area contributed by atoms with Crippen molar-refractivity contribution in [3.05, 3.63) is 34.9 Å². The van der Waals surface area contributed by atoms with Crippen LogP contribution in [0.25, 0.3) is 0 Å². The molecule has 0 aliphatic heterocycles. The number of hydrogen-bond donors (Lipinski definition) is 3. The van der Waals surface area contributed by atoms with Crippen molar-refractivity contribution in [3.8, 4) is 0 Å². The Morgan fingerprint density at radius 2 is 0.380 bits per heavy atom. The number of benzene rings is 1. The van der Waals surface area contributed by atoms with Crippen LogP contribution in [0.5, 0.6) is 0 Å². The Kier molecular flexibility index (Phi) is 87.7. The highest BCUT2D eigenvalue weighted by Crippen LogP contribution is 2.27. The van der Waals surface area contributed by atoms with Crippen LogP contribution in [0, 0.1) is 23.7 Å². The second-order valence-corrected chi connectivity index (χ2v) is 39.3. The van der Waals surface area contributed by atoms with Gasteiger partial charge in [0.2, 0.25) is 0 Å². The number of amides is 3. The van der Waals surface area contributed by atoms with E-state index >= 15 is 0 Å². The van der Waals surface area contributed by atoms with E-state index in [0.29, 0.717) is 62.8 Å². The van der Waals surface area contributed by atoms with Gasteiger partial charge in [0.15, 0.2) is 0 Å². The molecule has 17 heteroatoms. The molecule has 754 valence electrons. The van der Waals surface area contributed by atoms with E-state index in [1.165, 1.54) is 205 Å². The molecule has 17 nitrogen and oxygen atoms in total. The summed E-state index contributed by atoms with van der Waals surface area (Å²) in [7, 11) is 4.03. The number of carbonyl (C=O) groups is 7. The summed E-state index contributed by atoms with van der Waals surface area (Å²) >= 11 is 0. The molecular formula is C112H210N6O11. The van der Waals surface area contributed by atoms with Crippen LogP contribution in [0.3, 0.4) is 0 Å². The summed E-state index contributed by atoms with van der Waals surface area (Å²) in [5.74, 6) is -0.591. The molecule has 3 amide bonds. The summed E-state index contributed by atoms with van der Waals surface area (Å²) < 4.78 is 23.6. The largest absolute Gasteiger partial charge is 0.465 e. The minimum absolute atomic E-state index is 0.0282. The Morgan fingerprint density at radius 3 is 0.566 bits per heavy atom. The SMILES string of the molecule is CCCCCCC(CCCCCC)C(=O)OCCCCCCCCCN(CCCCCCCCCOC(=O)C(CCCCCC)CCCCCC)CCCNC(=O)c1cc(C(=O)NCCCN(C)C)cc(C(=O)NCCCN(CCCCCCCCCOC(=O)C(CCCCCC)CCCCCC)CCCCCCCCCOC(=O)C(CCCCCC)CCCCCC)c1. The van der Waals surface area contributed by atoms with Crippen LogP contribution in [-0.4, -0.2) is 162 Å². The molecule has 0 radical (unpaired) electrons. The zero-order valence-corrected chi connectivity index (χ0v) is 86.5. The fourth-order valence-corrected chi connectivity index (χ4v) is 18.1. The molecule has 0 unspecified atom stereocenters. The predicted octanol–water partition coefficient (Wildman–Crippen LogP) is 29.5. The van der Waals surface area contributed by atoms with Gasteiger partial charge in [-0.05, 0) is 200 Å². The van der Waals surface area contributed by atoms with Gasteiger partial charge < -0.3 is 49.6 Å². The van der Waals surface area contributed by atoms with Crippen LogP contribution in [-0.2, 0) is 38.1 Å². The Balaban J connectivity index is 3.15. The summed E-state index contributed by atoms with van der Waals surface area (Å²) in [4.78, 5) is 103. The van der Waals surface area contributed by atoms with E-state index < -0.39 is 0 Å². The fraction of sp³-hybridized carbons (Fsp3) is 0.884. The molecule has 0 aliphatic carbocycles. The lowest BCUT2D eigenvalue weighted by molar-refractivity contribution is -0.150. The number of rotatable bonds is 99. The quantitative estimate of drug-likeness (QED) is 0.0316. The molecule has 3 N–H and O–H groups in total. The smallest absolute Gasteiger partial charge is 0.308 e. The van der Waals surface area contributed by atoms with Gasteiger partial charge in [-0.2, -0.15) is 0 Å². The molecule has 0 saturated heterocycles. The first kappa shape index (κ1) is 122. The van der Waals surface area contributed by atoms with Crippen molar-refractivity contribution in [2.24, 2.45) is 23.7 Å². The summed E-state index contributed by atoms with van der Waals surface area (Å²) in [6.45, 7) is 28.0. The van der Waals surface area contributed by atoms with Crippen molar-refractivity contribution in [2.75, 3.05) is 106 Å². The highest BCUT2D eigenvalue weighted by Gasteiger charge is 2.25. The molecule has 1 rings (SSSR count). The van der Waals surface area contributed by atoms with Crippen molar-refractivity contribution < 1.29 is 52.5 Å². The van der Waals surface area contributed by atoms with E-state index in [0.717, 1.165) is 296 Å². The molecule has 0 atom stereocenters. The van der Waals surface area contributed by atoms with E-state index in [2.05, 4.69) is 86.0 Å². The molecule has 0 bridgehead atoms. The third-order valence-electron chi connectivity index (χ3n) is 26.7. The fourth-order valence-electron chi connectivity index (χ4n) is 18.1. The van der Waals surface area contributed by atoms with Crippen molar-refractivity contribution in [1.29, 1.82) is 0 Å². The van der Waals surface area contributed by atoms with Crippen molar-refractivity contribution in [1.82, 2.24) is 30.7 Å². The van der Waals surface area contributed by atoms with Crippen LogP contribution in [0.4, 0.5) is 0 Å². The maximum Gasteiger partial charge on any atom is 0.308 e. The lowest BCUT2D eigenvalue weighted by Gasteiger charge is -2.22. The monoisotopic (exact) mass is 1820 g/mol. The Labute approximate surface area is 796 Å². The lowest BCUT2D eigenvalue weighted by atomic mass is 9.94. The minimum atomic E-state index is -0.306. The van der Waals surface area contributed by atoms with E-state index in [9.17, 15) is 33.6 Å². The van der Waals surface area contributed by atoms with Gasteiger partial charge in [-0.25, -0.2) is 0 Å². The number of ether oxygens (including phenoxy) is 4. The van der Waals surface area contributed by atoms with Gasteiger partial charge >= 0.3 is 23.9 Å². The molecule has 0 heterocycles.